The SMILES string of the molecule is CCCCCCCCCCOCCC(=O)OCCCCCCCCCC. The van der Waals surface area contributed by atoms with Gasteiger partial charge in [0.25, 0.3) is 0 Å². The minimum absolute atomic E-state index is 0.108. The van der Waals surface area contributed by atoms with Gasteiger partial charge in [-0.25, -0.2) is 0 Å². The van der Waals surface area contributed by atoms with Crippen molar-refractivity contribution in [3.63, 3.8) is 0 Å². The monoisotopic (exact) mass is 370 g/mol. The second-order valence-corrected chi connectivity index (χ2v) is 7.53. The molecule has 0 aliphatic carbocycles. The molecule has 0 bridgehead atoms. The fraction of sp³-hybridized carbons (Fsp3) is 0.957. The van der Waals surface area contributed by atoms with Crippen LogP contribution < -0.4 is 0 Å². The number of carbonyl (C=O) groups excluding carboxylic acids is 1. The number of unbranched alkanes of at least 4 members (excludes halogenated alkanes) is 14. The molecule has 0 atom stereocenters. The number of ether oxygens (including phenoxy) is 2. The third-order valence-corrected chi connectivity index (χ3v) is 4.85. The molecule has 0 aromatic heterocycles. The van der Waals surface area contributed by atoms with Crippen molar-refractivity contribution < 1.29 is 14.3 Å². The van der Waals surface area contributed by atoms with Gasteiger partial charge in [0.05, 0.1) is 19.6 Å². The van der Waals surface area contributed by atoms with E-state index in [-0.39, 0.29) is 5.97 Å². The van der Waals surface area contributed by atoms with Gasteiger partial charge in [-0.05, 0) is 12.8 Å². The van der Waals surface area contributed by atoms with Gasteiger partial charge in [0.2, 0.25) is 0 Å². The first kappa shape index (κ1) is 25.4. The molecule has 156 valence electrons. The van der Waals surface area contributed by atoms with Crippen LogP contribution in [0.5, 0.6) is 0 Å². The Hall–Kier alpha value is -0.570. The predicted octanol–water partition coefficient (Wildman–Crippen LogP) is 7.22. The topological polar surface area (TPSA) is 35.5 Å². The third-order valence-electron chi connectivity index (χ3n) is 4.85. The quantitative estimate of drug-likeness (QED) is 0.158. The normalized spacial score (nSPS) is 11.0. The molecule has 0 radical (unpaired) electrons. The highest BCUT2D eigenvalue weighted by atomic mass is 16.5. The summed E-state index contributed by atoms with van der Waals surface area (Å²) in [6.07, 6.45) is 21.0. The van der Waals surface area contributed by atoms with E-state index in [4.69, 9.17) is 9.47 Å². The lowest BCUT2D eigenvalue weighted by Gasteiger charge is -2.06. The molecule has 0 rings (SSSR count). The van der Waals surface area contributed by atoms with E-state index in [1.807, 2.05) is 0 Å². The Labute approximate surface area is 163 Å². The van der Waals surface area contributed by atoms with Crippen molar-refractivity contribution in [1.29, 1.82) is 0 Å². The van der Waals surface area contributed by atoms with Crippen molar-refractivity contribution in [2.45, 2.75) is 123 Å². The third kappa shape index (κ3) is 21.5. The first-order valence-corrected chi connectivity index (χ1v) is 11.5. The minimum Gasteiger partial charge on any atom is -0.466 e. The van der Waals surface area contributed by atoms with Crippen molar-refractivity contribution >= 4 is 5.97 Å². The van der Waals surface area contributed by atoms with Crippen molar-refractivity contribution in [3.05, 3.63) is 0 Å². The molecule has 0 amide bonds. The Bertz CT molecular complexity index is 279. The van der Waals surface area contributed by atoms with Gasteiger partial charge in [0, 0.05) is 6.61 Å². The Morgan fingerprint density at radius 3 is 1.46 bits per heavy atom. The Balaban J connectivity index is 3.13. The van der Waals surface area contributed by atoms with Crippen LogP contribution in [0.1, 0.15) is 123 Å². The zero-order valence-electron chi connectivity index (χ0n) is 17.9. The second-order valence-electron chi connectivity index (χ2n) is 7.53. The van der Waals surface area contributed by atoms with Crippen LogP contribution in [0.3, 0.4) is 0 Å². The molecule has 3 nitrogen and oxygen atoms in total. The molecule has 0 saturated carbocycles. The summed E-state index contributed by atoms with van der Waals surface area (Å²) in [6.45, 7) is 6.36. The van der Waals surface area contributed by atoms with Crippen LogP contribution in [0, 0.1) is 0 Å². The van der Waals surface area contributed by atoms with Crippen LogP contribution in [0.15, 0.2) is 0 Å². The minimum atomic E-state index is -0.108. The average molecular weight is 371 g/mol. The molecule has 0 N–H and O–H groups in total. The molecule has 0 spiro atoms. The van der Waals surface area contributed by atoms with E-state index < -0.39 is 0 Å². The molecule has 26 heavy (non-hydrogen) atoms. The highest BCUT2D eigenvalue weighted by Gasteiger charge is 2.02. The average Bonchev–Trinajstić information content (AvgIpc) is 2.64. The molecular weight excluding hydrogens is 324 g/mol. The van der Waals surface area contributed by atoms with E-state index in [2.05, 4.69) is 13.8 Å². The van der Waals surface area contributed by atoms with Crippen LogP contribution in [0.4, 0.5) is 0 Å². The van der Waals surface area contributed by atoms with Crippen LogP contribution in [-0.2, 0) is 14.3 Å². The van der Waals surface area contributed by atoms with Crippen LogP contribution in [0.2, 0.25) is 0 Å². The van der Waals surface area contributed by atoms with Gasteiger partial charge in [0.1, 0.15) is 0 Å². The molecule has 0 unspecified atom stereocenters. The molecule has 0 aromatic rings. The lowest BCUT2D eigenvalue weighted by Crippen LogP contribution is -2.09. The number of hydrogen-bond acceptors (Lipinski definition) is 3. The van der Waals surface area contributed by atoms with Gasteiger partial charge in [-0.3, -0.25) is 4.79 Å². The van der Waals surface area contributed by atoms with Gasteiger partial charge < -0.3 is 9.47 Å². The summed E-state index contributed by atoms with van der Waals surface area (Å²) in [6, 6.07) is 0. The number of hydrogen-bond donors (Lipinski definition) is 0. The maximum Gasteiger partial charge on any atom is 0.308 e. The van der Waals surface area contributed by atoms with E-state index in [0.717, 1.165) is 19.4 Å². The summed E-state index contributed by atoms with van der Waals surface area (Å²) < 4.78 is 10.8. The highest BCUT2D eigenvalue weighted by molar-refractivity contribution is 5.69. The lowest BCUT2D eigenvalue weighted by molar-refractivity contribution is -0.145. The van der Waals surface area contributed by atoms with Crippen LogP contribution in [0.25, 0.3) is 0 Å². The molecule has 0 saturated heterocycles. The Kier molecular flexibility index (Phi) is 22.0. The first-order valence-electron chi connectivity index (χ1n) is 11.5. The van der Waals surface area contributed by atoms with E-state index in [1.54, 1.807) is 0 Å². The summed E-state index contributed by atoms with van der Waals surface area (Å²) in [7, 11) is 0. The van der Waals surface area contributed by atoms with Gasteiger partial charge in [0.15, 0.2) is 0 Å². The van der Waals surface area contributed by atoms with E-state index in [0.29, 0.717) is 19.6 Å². The number of esters is 1. The molecule has 0 aromatic carbocycles. The molecule has 0 aliphatic rings. The van der Waals surface area contributed by atoms with E-state index >= 15 is 0 Å². The highest BCUT2D eigenvalue weighted by Crippen LogP contribution is 2.09. The maximum absolute atomic E-state index is 11.6. The Morgan fingerprint density at radius 2 is 0.962 bits per heavy atom. The van der Waals surface area contributed by atoms with Crippen molar-refractivity contribution in [2.24, 2.45) is 0 Å². The van der Waals surface area contributed by atoms with Gasteiger partial charge in [-0.15, -0.1) is 0 Å². The fourth-order valence-electron chi connectivity index (χ4n) is 3.09. The van der Waals surface area contributed by atoms with Crippen molar-refractivity contribution in [3.8, 4) is 0 Å². The fourth-order valence-corrected chi connectivity index (χ4v) is 3.09. The molecule has 0 fully saturated rings. The zero-order chi connectivity index (χ0) is 19.1. The smallest absolute Gasteiger partial charge is 0.308 e. The summed E-state index contributed by atoms with van der Waals surface area (Å²) in [5.41, 5.74) is 0. The first-order chi connectivity index (χ1) is 12.8. The number of carbonyl (C=O) groups is 1. The van der Waals surface area contributed by atoms with Gasteiger partial charge in [-0.2, -0.15) is 0 Å². The second kappa shape index (κ2) is 22.5. The zero-order valence-corrected chi connectivity index (χ0v) is 17.9. The molecular formula is C23H46O3. The number of rotatable bonds is 21. The molecule has 0 aliphatic heterocycles. The summed E-state index contributed by atoms with van der Waals surface area (Å²) in [4.78, 5) is 11.6. The van der Waals surface area contributed by atoms with Crippen LogP contribution >= 0.6 is 0 Å². The lowest BCUT2D eigenvalue weighted by atomic mass is 10.1. The van der Waals surface area contributed by atoms with Crippen molar-refractivity contribution in [1.82, 2.24) is 0 Å². The van der Waals surface area contributed by atoms with Crippen LogP contribution in [-0.4, -0.2) is 25.8 Å². The predicted molar refractivity (Wildman–Crippen MR) is 112 cm³/mol. The van der Waals surface area contributed by atoms with Gasteiger partial charge >= 0.3 is 5.97 Å². The van der Waals surface area contributed by atoms with Crippen molar-refractivity contribution in [2.75, 3.05) is 19.8 Å². The molecule has 3 heteroatoms. The largest absolute Gasteiger partial charge is 0.466 e. The van der Waals surface area contributed by atoms with Gasteiger partial charge in [-0.1, -0.05) is 104 Å². The Morgan fingerprint density at radius 1 is 0.538 bits per heavy atom. The van der Waals surface area contributed by atoms with E-state index in [1.165, 1.54) is 89.9 Å². The standard InChI is InChI=1S/C23H46O3/c1-3-5-7-9-11-13-15-17-20-25-22-19-23(24)26-21-18-16-14-12-10-8-6-4-2/h3-22H2,1-2H3. The summed E-state index contributed by atoms with van der Waals surface area (Å²) in [5.74, 6) is -0.108. The van der Waals surface area contributed by atoms with E-state index in [9.17, 15) is 4.79 Å². The molecule has 0 heterocycles. The summed E-state index contributed by atoms with van der Waals surface area (Å²) in [5, 5.41) is 0. The maximum atomic E-state index is 11.6. The summed E-state index contributed by atoms with van der Waals surface area (Å²) >= 11 is 0.